The highest BCUT2D eigenvalue weighted by molar-refractivity contribution is 5.90. The fourth-order valence-electron chi connectivity index (χ4n) is 2.31. The van der Waals surface area contributed by atoms with E-state index < -0.39 is 42.6 Å². The smallest absolute Gasteiger partial charge is 0.391 e. The minimum Gasteiger partial charge on any atom is -0.480 e. The van der Waals surface area contributed by atoms with Crippen LogP contribution in [-0.4, -0.2) is 58.8 Å². The fourth-order valence-corrected chi connectivity index (χ4v) is 2.31. The number of urea groups is 1. The number of halogens is 3. The second-order valence-corrected chi connectivity index (χ2v) is 5.67. The maximum Gasteiger partial charge on any atom is 0.391 e. The molecule has 2 atom stereocenters. The van der Waals surface area contributed by atoms with E-state index in [2.05, 4.69) is 5.32 Å². The fraction of sp³-hybridized carbons (Fsp3) is 0.769. The van der Waals surface area contributed by atoms with Crippen molar-refractivity contribution in [1.29, 1.82) is 0 Å². The standard InChI is InChI=1S/C13H20F3N3O4/c1-7(2)17-12(23)19-5-3-4-9(19)10(20)18-8(11(21)22)6-13(14,15)16/h7-9H,3-6H2,1-2H3,(H,17,23)(H,18,20)(H,21,22)/t8?,9-/m0/s1. The van der Waals surface area contributed by atoms with Crippen LogP contribution in [0.3, 0.4) is 0 Å². The van der Waals surface area contributed by atoms with Gasteiger partial charge in [0, 0.05) is 12.6 Å². The van der Waals surface area contributed by atoms with E-state index in [0.717, 1.165) is 0 Å². The molecule has 0 aromatic rings. The van der Waals surface area contributed by atoms with Crippen LogP contribution in [0.4, 0.5) is 18.0 Å². The zero-order valence-electron chi connectivity index (χ0n) is 12.8. The van der Waals surface area contributed by atoms with Crippen molar-refractivity contribution in [2.75, 3.05) is 6.54 Å². The Morgan fingerprint density at radius 3 is 2.35 bits per heavy atom. The quantitative estimate of drug-likeness (QED) is 0.698. The summed E-state index contributed by atoms with van der Waals surface area (Å²) in [5.41, 5.74) is 0. The lowest BCUT2D eigenvalue weighted by Crippen LogP contribution is -2.54. The molecule has 0 aromatic heterocycles. The van der Waals surface area contributed by atoms with E-state index in [1.54, 1.807) is 13.8 Å². The van der Waals surface area contributed by atoms with Gasteiger partial charge in [0.05, 0.1) is 6.42 Å². The number of alkyl halides is 3. The van der Waals surface area contributed by atoms with Crippen LogP contribution in [0.1, 0.15) is 33.1 Å². The lowest BCUT2D eigenvalue weighted by molar-refractivity contribution is -0.160. The van der Waals surface area contributed by atoms with Gasteiger partial charge in [0.2, 0.25) is 5.91 Å². The first-order valence-corrected chi connectivity index (χ1v) is 7.18. The third-order valence-electron chi connectivity index (χ3n) is 3.28. The molecule has 1 rings (SSSR count). The van der Waals surface area contributed by atoms with E-state index in [0.29, 0.717) is 6.42 Å². The van der Waals surface area contributed by atoms with Crippen LogP contribution < -0.4 is 10.6 Å². The summed E-state index contributed by atoms with van der Waals surface area (Å²) < 4.78 is 37.1. The van der Waals surface area contributed by atoms with Crippen LogP contribution in [0.15, 0.2) is 0 Å². The molecule has 1 fully saturated rings. The van der Waals surface area contributed by atoms with Gasteiger partial charge < -0.3 is 20.6 Å². The molecule has 0 radical (unpaired) electrons. The third kappa shape index (κ3) is 5.95. The maximum atomic E-state index is 12.4. The summed E-state index contributed by atoms with van der Waals surface area (Å²) in [7, 11) is 0. The van der Waals surface area contributed by atoms with Crippen molar-refractivity contribution < 1.29 is 32.7 Å². The summed E-state index contributed by atoms with van der Waals surface area (Å²) in [4.78, 5) is 36.1. The van der Waals surface area contributed by atoms with Gasteiger partial charge in [0.15, 0.2) is 0 Å². The first kappa shape index (κ1) is 19.0. The number of carboxylic acid groups (broad SMARTS) is 1. The third-order valence-corrected chi connectivity index (χ3v) is 3.28. The van der Waals surface area contributed by atoms with Gasteiger partial charge in [-0.3, -0.25) is 4.79 Å². The molecule has 10 heteroatoms. The molecule has 0 bridgehead atoms. The summed E-state index contributed by atoms with van der Waals surface area (Å²) in [5.74, 6) is -2.66. The van der Waals surface area contributed by atoms with Crippen LogP contribution in [0.2, 0.25) is 0 Å². The number of likely N-dealkylation sites (tertiary alicyclic amines) is 1. The summed E-state index contributed by atoms with van der Waals surface area (Å²) in [6.45, 7) is 3.74. The summed E-state index contributed by atoms with van der Waals surface area (Å²) in [6, 6.07) is -3.70. The molecule has 1 heterocycles. The van der Waals surface area contributed by atoms with Crippen LogP contribution in [0, 0.1) is 0 Å². The molecule has 132 valence electrons. The molecule has 7 nitrogen and oxygen atoms in total. The van der Waals surface area contributed by atoms with Crippen molar-refractivity contribution >= 4 is 17.9 Å². The molecule has 23 heavy (non-hydrogen) atoms. The number of rotatable bonds is 5. The van der Waals surface area contributed by atoms with E-state index in [-0.39, 0.29) is 19.0 Å². The molecule has 1 aliphatic heterocycles. The second-order valence-electron chi connectivity index (χ2n) is 5.67. The summed E-state index contributed by atoms with van der Waals surface area (Å²) in [6.07, 6.45) is -5.60. The molecule has 3 amide bonds. The van der Waals surface area contributed by atoms with E-state index in [9.17, 15) is 27.6 Å². The Labute approximate surface area is 131 Å². The molecule has 1 aliphatic rings. The average molecular weight is 339 g/mol. The molecule has 1 unspecified atom stereocenters. The largest absolute Gasteiger partial charge is 0.480 e. The van der Waals surface area contributed by atoms with Crippen LogP contribution in [0.5, 0.6) is 0 Å². The number of nitrogens with one attached hydrogen (secondary N) is 2. The van der Waals surface area contributed by atoms with Gasteiger partial charge in [-0.25, -0.2) is 9.59 Å². The highest BCUT2D eigenvalue weighted by atomic mass is 19.4. The van der Waals surface area contributed by atoms with Crippen molar-refractivity contribution in [3.63, 3.8) is 0 Å². The number of carbonyl (C=O) groups excluding carboxylic acids is 2. The van der Waals surface area contributed by atoms with Gasteiger partial charge in [0.1, 0.15) is 12.1 Å². The first-order chi connectivity index (χ1) is 10.5. The molecule has 0 saturated carbocycles. The zero-order valence-corrected chi connectivity index (χ0v) is 12.8. The molecule has 0 aliphatic carbocycles. The Balaban J connectivity index is 2.74. The predicted octanol–water partition coefficient (Wildman–Crippen LogP) is 1.09. The highest BCUT2D eigenvalue weighted by Crippen LogP contribution is 2.23. The normalized spacial score (nSPS) is 19.6. The molecule has 1 saturated heterocycles. The highest BCUT2D eigenvalue weighted by Gasteiger charge is 2.40. The van der Waals surface area contributed by atoms with Gasteiger partial charge in [-0.1, -0.05) is 0 Å². The lowest BCUT2D eigenvalue weighted by atomic mass is 10.1. The van der Waals surface area contributed by atoms with Crippen LogP contribution >= 0.6 is 0 Å². The summed E-state index contributed by atoms with van der Waals surface area (Å²) in [5, 5.41) is 13.3. The van der Waals surface area contributed by atoms with Gasteiger partial charge >= 0.3 is 18.2 Å². The Hall–Kier alpha value is -2.00. The first-order valence-electron chi connectivity index (χ1n) is 7.18. The number of aliphatic carboxylic acids is 1. The zero-order chi connectivity index (χ0) is 17.8. The van der Waals surface area contributed by atoms with Gasteiger partial charge in [0.25, 0.3) is 0 Å². The van der Waals surface area contributed by atoms with E-state index in [1.165, 1.54) is 4.90 Å². The number of hydrogen-bond acceptors (Lipinski definition) is 3. The number of carbonyl (C=O) groups is 3. The van der Waals surface area contributed by atoms with Crippen LogP contribution in [0.25, 0.3) is 0 Å². The Bertz CT molecular complexity index is 468. The van der Waals surface area contributed by atoms with E-state index >= 15 is 0 Å². The molecule has 3 N–H and O–H groups in total. The van der Waals surface area contributed by atoms with Crippen molar-refractivity contribution in [2.24, 2.45) is 0 Å². The van der Waals surface area contributed by atoms with Crippen molar-refractivity contribution in [3.05, 3.63) is 0 Å². The summed E-state index contributed by atoms with van der Waals surface area (Å²) >= 11 is 0. The number of hydrogen-bond donors (Lipinski definition) is 3. The molecule has 0 aromatic carbocycles. The Morgan fingerprint density at radius 1 is 1.26 bits per heavy atom. The monoisotopic (exact) mass is 339 g/mol. The van der Waals surface area contributed by atoms with Gasteiger partial charge in [-0.05, 0) is 26.7 Å². The predicted molar refractivity (Wildman–Crippen MR) is 73.6 cm³/mol. The molecule has 0 spiro atoms. The Morgan fingerprint density at radius 2 is 1.87 bits per heavy atom. The number of amides is 3. The Kier molecular flexibility index (Phi) is 6.22. The topological polar surface area (TPSA) is 98.7 Å². The van der Waals surface area contributed by atoms with Crippen molar-refractivity contribution in [1.82, 2.24) is 15.5 Å². The number of nitrogens with zero attached hydrogens (tertiary/aromatic N) is 1. The van der Waals surface area contributed by atoms with Gasteiger partial charge in [-0.15, -0.1) is 0 Å². The van der Waals surface area contributed by atoms with Crippen molar-refractivity contribution in [2.45, 2.75) is 57.4 Å². The van der Waals surface area contributed by atoms with E-state index in [4.69, 9.17) is 5.11 Å². The maximum absolute atomic E-state index is 12.4. The molecular weight excluding hydrogens is 319 g/mol. The minimum absolute atomic E-state index is 0.163. The van der Waals surface area contributed by atoms with Crippen molar-refractivity contribution in [3.8, 4) is 0 Å². The second kappa shape index (κ2) is 7.51. The molecular formula is C13H20F3N3O4. The number of carboxylic acids is 1. The lowest BCUT2D eigenvalue weighted by Gasteiger charge is -2.26. The van der Waals surface area contributed by atoms with Crippen LogP contribution in [-0.2, 0) is 9.59 Å². The van der Waals surface area contributed by atoms with E-state index in [1.807, 2.05) is 5.32 Å². The minimum atomic E-state index is -4.72. The SMILES string of the molecule is CC(C)NC(=O)N1CCC[C@H]1C(=O)NC(CC(F)(F)F)C(=O)O. The van der Waals surface area contributed by atoms with Gasteiger partial charge in [-0.2, -0.15) is 13.2 Å². The average Bonchev–Trinajstić information content (AvgIpc) is 2.84.